The van der Waals surface area contributed by atoms with Crippen LogP contribution in [0.25, 0.3) is 0 Å². The maximum absolute atomic E-state index is 12.3. The van der Waals surface area contributed by atoms with Crippen molar-refractivity contribution >= 4 is 11.6 Å². The molecule has 104 valence electrons. The predicted octanol–water partition coefficient (Wildman–Crippen LogP) is 1.76. The van der Waals surface area contributed by atoms with Crippen LogP contribution in [0.1, 0.15) is 32.4 Å². The van der Waals surface area contributed by atoms with Crippen LogP contribution in [0.4, 0.5) is 5.69 Å². The van der Waals surface area contributed by atoms with Crippen LogP contribution in [0.2, 0.25) is 0 Å². The molecule has 0 spiro atoms. The summed E-state index contributed by atoms with van der Waals surface area (Å²) in [6, 6.07) is 8.23. The van der Waals surface area contributed by atoms with Crippen molar-refractivity contribution in [3.05, 3.63) is 29.8 Å². The first kappa shape index (κ1) is 13.9. The molecular weight excluding hydrogens is 238 g/mol. The minimum atomic E-state index is -0.497. The fraction of sp³-hybridized carbons (Fsp3) is 0.533. The Morgan fingerprint density at radius 3 is 2.32 bits per heavy atom. The summed E-state index contributed by atoms with van der Waals surface area (Å²) in [4.78, 5) is 16.2. The van der Waals surface area contributed by atoms with Crippen molar-refractivity contribution in [1.82, 2.24) is 4.90 Å². The number of likely N-dealkylation sites (N-methyl/N-ethyl adjacent to an activating group) is 1. The van der Waals surface area contributed by atoms with Crippen LogP contribution in [0.15, 0.2) is 24.3 Å². The number of hydrogen-bond donors (Lipinski definition) is 1. The number of hydrogen-bond acceptors (Lipinski definition) is 3. The normalized spacial score (nSPS) is 20.6. The van der Waals surface area contributed by atoms with E-state index in [-0.39, 0.29) is 11.9 Å². The Bertz CT molecular complexity index is 465. The van der Waals surface area contributed by atoms with Crippen LogP contribution in [0, 0.1) is 0 Å². The number of carbonyl (C=O) groups excluding carboxylic acids is 1. The molecule has 1 aromatic carbocycles. The quantitative estimate of drug-likeness (QED) is 0.882. The molecule has 0 aliphatic carbocycles. The molecule has 2 N–H and O–H groups in total. The highest BCUT2D eigenvalue weighted by Crippen LogP contribution is 2.29. The van der Waals surface area contributed by atoms with E-state index >= 15 is 0 Å². The number of benzene rings is 1. The summed E-state index contributed by atoms with van der Waals surface area (Å²) in [5.74, 6) is 0.162. The van der Waals surface area contributed by atoms with Crippen LogP contribution < -0.4 is 10.6 Å². The lowest BCUT2D eigenvalue weighted by atomic mass is 9.96. The van der Waals surface area contributed by atoms with Gasteiger partial charge in [-0.25, -0.2) is 0 Å². The zero-order valence-corrected chi connectivity index (χ0v) is 12.2. The van der Waals surface area contributed by atoms with E-state index in [1.54, 1.807) is 4.90 Å². The van der Waals surface area contributed by atoms with Gasteiger partial charge in [0, 0.05) is 31.9 Å². The van der Waals surface area contributed by atoms with Gasteiger partial charge in [-0.15, -0.1) is 0 Å². The third kappa shape index (κ3) is 2.45. The second-order valence-electron chi connectivity index (χ2n) is 5.82. The van der Waals surface area contributed by atoms with Crippen molar-refractivity contribution in [3.8, 4) is 0 Å². The van der Waals surface area contributed by atoms with Crippen molar-refractivity contribution in [1.29, 1.82) is 0 Å². The Balaban J connectivity index is 2.28. The largest absolute Gasteiger partial charge is 0.356 e. The molecule has 1 aromatic rings. The lowest BCUT2D eigenvalue weighted by molar-refractivity contribution is -0.136. The number of nitrogens with two attached hydrogens (primary N) is 1. The van der Waals surface area contributed by atoms with Gasteiger partial charge in [0.2, 0.25) is 5.91 Å². The van der Waals surface area contributed by atoms with Gasteiger partial charge < -0.3 is 15.5 Å². The number of rotatable bonds is 2. The molecule has 0 radical (unpaired) electrons. The lowest BCUT2D eigenvalue weighted by Gasteiger charge is -2.46. The van der Waals surface area contributed by atoms with E-state index in [1.165, 1.54) is 0 Å². The van der Waals surface area contributed by atoms with Gasteiger partial charge in [0.1, 0.15) is 5.54 Å². The average Bonchev–Trinajstić information content (AvgIpc) is 2.36. The van der Waals surface area contributed by atoms with Crippen molar-refractivity contribution < 1.29 is 4.79 Å². The summed E-state index contributed by atoms with van der Waals surface area (Å²) in [5.41, 5.74) is 7.56. The van der Waals surface area contributed by atoms with E-state index in [0.29, 0.717) is 0 Å². The standard InChI is InChI=1S/C15H23N3O/c1-11(16)12-5-7-13(8-6-12)18-10-9-17(4)14(19)15(18,2)3/h5-8,11H,9-10,16H2,1-4H3/t11-/m0/s1. The van der Waals surface area contributed by atoms with Gasteiger partial charge in [0.25, 0.3) is 0 Å². The monoisotopic (exact) mass is 261 g/mol. The van der Waals surface area contributed by atoms with Gasteiger partial charge in [-0.05, 0) is 38.5 Å². The molecule has 0 aromatic heterocycles. The fourth-order valence-corrected chi connectivity index (χ4v) is 2.62. The van der Waals surface area contributed by atoms with E-state index in [2.05, 4.69) is 17.0 Å². The summed E-state index contributed by atoms with van der Waals surface area (Å²) in [7, 11) is 1.86. The summed E-state index contributed by atoms with van der Waals surface area (Å²) in [5, 5.41) is 0. The van der Waals surface area contributed by atoms with E-state index in [1.807, 2.05) is 40.0 Å². The Labute approximate surface area is 115 Å². The highest BCUT2D eigenvalue weighted by atomic mass is 16.2. The highest BCUT2D eigenvalue weighted by molar-refractivity contribution is 5.90. The number of nitrogens with zero attached hydrogens (tertiary/aromatic N) is 2. The number of carbonyl (C=O) groups is 1. The number of anilines is 1. The summed E-state index contributed by atoms with van der Waals surface area (Å²) in [6.07, 6.45) is 0. The van der Waals surface area contributed by atoms with Crippen molar-refractivity contribution in [2.75, 3.05) is 25.0 Å². The summed E-state index contributed by atoms with van der Waals surface area (Å²) in [6.45, 7) is 7.54. The van der Waals surface area contributed by atoms with E-state index in [0.717, 1.165) is 24.3 Å². The van der Waals surface area contributed by atoms with Gasteiger partial charge in [-0.2, -0.15) is 0 Å². The van der Waals surface area contributed by atoms with Gasteiger partial charge >= 0.3 is 0 Å². The molecule has 4 nitrogen and oxygen atoms in total. The molecule has 1 aliphatic heterocycles. The van der Waals surface area contributed by atoms with Gasteiger partial charge in [-0.3, -0.25) is 4.79 Å². The fourth-order valence-electron chi connectivity index (χ4n) is 2.62. The molecule has 1 aliphatic rings. The molecule has 1 amide bonds. The summed E-state index contributed by atoms with van der Waals surface area (Å²) < 4.78 is 0. The van der Waals surface area contributed by atoms with Gasteiger partial charge in [-0.1, -0.05) is 12.1 Å². The van der Waals surface area contributed by atoms with E-state index in [4.69, 9.17) is 5.73 Å². The number of amides is 1. The number of piperazine rings is 1. The first-order chi connectivity index (χ1) is 8.84. The molecule has 1 atom stereocenters. The topological polar surface area (TPSA) is 49.6 Å². The van der Waals surface area contributed by atoms with Crippen molar-refractivity contribution in [2.45, 2.75) is 32.4 Å². The van der Waals surface area contributed by atoms with E-state index < -0.39 is 5.54 Å². The Hall–Kier alpha value is -1.55. The maximum atomic E-state index is 12.3. The Morgan fingerprint density at radius 1 is 1.21 bits per heavy atom. The maximum Gasteiger partial charge on any atom is 0.247 e. The molecule has 0 unspecified atom stereocenters. The minimum Gasteiger partial charge on any atom is -0.356 e. The first-order valence-electron chi connectivity index (χ1n) is 6.73. The molecule has 4 heteroatoms. The van der Waals surface area contributed by atoms with Gasteiger partial charge in [0.05, 0.1) is 0 Å². The molecule has 2 rings (SSSR count). The van der Waals surface area contributed by atoms with Crippen molar-refractivity contribution in [2.24, 2.45) is 5.73 Å². The molecule has 0 bridgehead atoms. The molecule has 1 heterocycles. The van der Waals surface area contributed by atoms with Gasteiger partial charge in [0.15, 0.2) is 0 Å². The second-order valence-corrected chi connectivity index (χ2v) is 5.82. The third-order valence-electron chi connectivity index (χ3n) is 3.93. The van der Waals surface area contributed by atoms with Crippen LogP contribution in [0.3, 0.4) is 0 Å². The highest BCUT2D eigenvalue weighted by Gasteiger charge is 2.40. The second kappa shape index (κ2) is 4.85. The smallest absolute Gasteiger partial charge is 0.247 e. The Kier molecular flexibility index (Phi) is 3.54. The Morgan fingerprint density at radius 2 is 1.79 bits per heavy atom. The lowest BCUT2D eigenvalue weighted by Crippen LogP contribution is -2.62. The van der Waals surface area contributed by atoms with Crippen LogP contribution >= 0.6 is 0 Å². The molecule has 19 heavy (non-hydrogen) atoms. The molecule has 0 saturated carbocycles. The molecule has 1 fully saturated rings. The van der Waals surface area contributed by atoms with Crippen LogP contribution in [-0.2, 0) is 4.79 Å². The average molecular weight is 261 g/mol. The molecule has 1 saturated heterocycles. The predicted molar refractivity (Wildman–Crippen MR) is 78.1 cm³/mol. The zero-order chi connectivity index (χ0) is 14.2. The minimum absolute atomic E-state index is 0.0381. The van der Waals surface area contributed by atoms with Crippen molar-refractivity contribution in [3.63, 3.8) is 0 Å². The van der Waals surface area contributed by atoms with Crippen LogP contribution in [0.5, 0.6) is 0 Å². The first-order valence-corrected chi connectivity index (χ1v) is 6.73. The van der Waals surface area contributed by atoms with Crippen LogP contribution in [-0.4, -0.2) is 36.5 Å². The van der Waals surface area contributed by atoms with E-state index in [9.17, 15) is 4.79 Å². The summed E-state index contributed by atoms with van der Waals surface area (Å²) >= 11 is 0. The SMILES string of the molecule is C[C@H](N)c1ccc(N2CCN(C)C(=O)C2(C)C)cc1. The zero-order valence-electron chi connectivity index (χ0n) is 12.2. The molecular formula is C15H23N3O. The third-order valence-corrected chi connectivity index (χ3v) is 3.93.